The lowest BCUT2D eigenvalue weighted by molar-refractivity contribution is -0.192. The molecule has 1 atom stereocenters. The number of carboxylic acid groups (broad SMARTS) is 1. The minimum Gasteiger partial charge on any atom is -0.475 e. The lowest BCUT2D eigenvalue weighted by Crippen LogP contribution is -2.21. The summed E-state index contributed by atoms with van der Waals surface area (Å²) in [5.41, 5.74) is 4.97. The first kappa shape index (κ1) is 15.9. The van der Waals surface area contributed by atoms with E-state index in [9.17, 15) is 18.0 Å². The summed E-state index contributed by atoms with van der Waals surface area (Å²) in [7, 11) is 0. The average molecular weight is 296 g/mol. The zero-order valence-electron chi connectivity index (χ0n) is 9.98. The molecule has 1 fully saturated rings. The Bertz CT molecular complexity index is 482. The summed E-state index contributed by atoms with van der Waals surface area (Å²) in [6, 6.07) is 0. The summed E-state index contributed by atoms with van der Waals surface area (Å²) in [4.78, 5) is 19.5. The second kappa shape index (κ2) is 6.32. The molecule has 1 aromatic rings. The van der Waals surface area contributed by atoms with E-state index < -0.39 is 18.1 Å². The number of halogens is 3. The molecule has 20 heavy (non-hydrogen) atoms. The van der Waals surface area contributed by atoms with Gasteiger partial charge in [-0.15, -0.1) is 10.2 Å². The highest BCUT2D eigenvalue weighted by Crippen LogP contribution is 2.20. The fourth-order valence-electron chi connectivity index (χ4n) is 1.36. The number of nitrogens with two attached hydrogens (primary N) is 1. The van der Waals surface area contributed by atoms with Crippen LogP contribution in [0.1, 0.15) is 28.9 Å². The monoisotopic (exact) mass is 296 g/mol. The van der Waals surface area contributed by atoms with Gasteiger partial charge in [0.2, 0.25) is 5.89 Å². The van der Waals surface area contributed by atoms with Crippen LogP contribution in [0.5, 0.6) is 0 Å². The number of aliphatic carboxylic acids is 1. The summed E-state index contributed by atoms with van der Waals surface area (Å²) in [6.07, 6.45) is -4.12. The van der Waals surface area contributed by atoms with Crippen LogP contribution in [0.3, 0.4) is 0 Å². The Morgan fingerprint density at radius 3 is 2.35 bits per heavy atom. The zero-order chi connectivity index (χ0) is 15.3. The van der Waals surface area contributed by atoms with E-state index in [0.717, 1.165) is 19.5 Å². The van der Waals surface area contributed by atoms with Crippen molar-refractivity contribution >= 4 is 11.9 Å². The molecule has 4 N–H and O–H groups in total. The van der Waals surface area contributed by atoms with Gasteiger partial charge in [-0.1, -0.05) is 0 Å². The number of aromatic nitrogens is 2. The van der Waals surface area contributed by atoms with Gasteiger partial charge in [-0.05, 0) is 13.0 Å². The smallest absolute Gasteiger partial charge is 0.475 e. The predicted molar refractivity (Wildman–Crippen MR) is 56.7 cm³/mol. The number of hydrogen-bond acceptors (Lipinski definition) is 6. The van der Waals surface area contributed by atoms with Gasteiger partial charge < -0.3 is 20.6 Å². The van der Waals surface area contributed by atoms with Gasteiger partial charge in [0, 0.05) is 6.54 Å². The predicted octanol–water partition coefficient (Wildman–Crippen LogP) is -0.121. The first-order chi connectivity index (χ1) is 9.21. The molecule has 0 aromatic carbocycles. The maximum Gasteiger partial charge on any atom is 0.490 e. The highest BCUT2D eigenvalue weighted by Gasteiger charge is 2.38. The molecule has 1 unspecified atom stereocenters. The fraction of sp³-hybridized carbons (Fsp3) is 0.556. The van der Waals surface area contributed by atoms with Crippen LogP contribution in [0, 0.1) is 0 Å². The number of carboxylic acids is 1. The molecule has 2 heterocycles. The number of carbonyl (C=O) groups is 2. The van der Waals surface area contributed by atoms with Crippen molar-refractivity contribution in [3.63, 3.8) is 0 Å². The van der Waals surface area contributed by atoms with Gasteiger partial charge in [-0.3, -0.25) is 4.79 Å². The minimum absolute atomic E-state index is 0.109. The van der Waals surface area contributed by atoms with E-state index in [1.807, 2.05) is 0 Å². The summed E-state index contributed by atoms with van der Waals surface area (Å²) in [5.74, 6) is -2.82. The molecule has 1 aromatic heterocycles. The number of nitrogens with zero attached hydrogens (tertiary/aromatic N) is 2. The third-order valence-electron chi connectivity index (χ3n) is 2.30. The van der Waals surface area contributed by atoms with Crippen LogP contribution < -0.4 is 11.1 Å². The van der Waals surface area contributed by atoms with Gasteiger partial charge in [0.15, 0.2) is 0 Å². The lowest BCUT2D eigenvalue weighted by Gasteiger charge is -1.98. The van der Waals surface area contributed by atoms with Gasteiger partial charge in [0.1, 0.15) is 0 Å². The molecule has 0 saturated carbocycles. The van der Waals surface area contributed by atoms with Crippen molar-refractivity contribution in [2.75, 3.05) is 13.1 Å². The van der Waals surface area contributed by atoms with E-state index in [1.54, 1.807) is 0 Å². The molecule has 0 radical (unpaired) electrons. The minimum atomic E-state index is -5.08. The third-order valence-corrected chi connectivity index (χ3v) is 2.30. The maximum atomic E-state index is 10.6. The Hall–Kier alpha value is -2.17. The molecular weight excluding hydrogens is 285 g/mol. The van der Waals surface area contributed by atoms with Gasteiger partial charge in [-0.2, -0.15) is 13.2 Å². The third kappa shape index (κ3) is 4.50. The molecular formula is C9H11F3N4O4. The quantitative estimate of drug-likeness (QED) is 0.693. The van der Waals surface area contributed by atoms with Crippen LogP contribution >= 0.6 is 0 Å². The van der Waals surface area contributed by atoms with Crippen LogP contribution in [0.15, 0.2) is 4.42 Å². The zero-order valence-corrected chi connectivity index (χ0v) is 9.98. The lowest BCUT2D eigenvalue weighted by atomic mass is 10.1. The van der Waals surface area contributed by atoms with E-state index in [0.29, 0.717) is 5.89 Å². The second-order valence-electron chi connectivity index (χ2n) is 3.80. The Labute approximate surface area is 110 Å². The number of rotatable bonds is 2. The summed E-state index contributed by atoms with van der Waals surface area (Å²) in [5, 5.41) is 17.6. The van der Waals surface area contributed by atoms with Gasteiger partial charge in [0.05, 0.1) is 5.92 Å². The Balaban J connectivity index is 0.000000246. The first-order valence-corrected chi connectivity index (χ1v) is 5.36. The van der Waals surface area contributed by atoms with Crippen LogP contribution in [0.25, 0.3) is 0 Å². The molecule has 1 aliphatic rings. The number of primary amides is 1. The molecule has 112 valence electrons. The van der Waals surface area contributed by atoms with Crippen LogP contribution in [-0.4, -0.2) is 46.4 Å². The highest BCUT2D eigenvalue weighted by atomic mass is 19.4. The van der Waals surface area contributed by atoms with Crippen molar-refractivity contribution in [1.82, 2.24) is 15.5 Å². The average Bonchev–Trinajstić information content (AvgIpc) is 2.99. The standard InChI is InChI=1S/C7H10N4O2.C2HF3O2/c8-5(12)7-11-10-6(13-7)4-1-2-9-3-4;3-2(4,5)1(6)7/h4,9H,1-3H2,(H2,8,12);(H,6,7). The Kier molecular flexibility index (Phi) is 5.02. The number of hydrogen-bond donors (Lipinski definition) is 3. The van der Waals surface area contributed by atoms with Crippen molar-refractivity contribution in [2.24, 2.45) is 5.73 Å². The highest BCUT2D eigenvalue weighted by molar-refractivity contribution is 5.87. The summed E-state index contributed by atoms with van der Waals surface area (Å²) >= 11 is 0. The maximum absolute atomic E-state index is 10.6. The largest absolute Gasteiger partial charge is 0.490 e. The molecule has 2 rings (SSSR count). The van der Waals surface area contributed by atoms with E-state index in [1.165, 1.54) is 0 Å². The van der Waals surface area contributed by atoms with Gasteiger partial charge >= 0.3 is 23.9 Å². The summed E-state index contributed by atoms with van der Waals surface area (Å²) in [6.45, 7) is 1.76. The van der Waals surface area contributed by atoms with Crippen LogP contribution in [0.2, 0.25) is 0 Å². The first-order valence-electron chi connectivity index (χ1n) is 5.36. The van der Waals surface area contributed by atoms with E-state index >= 15 is 0 Å². The van der Waals surface area contributed by atoms with E-state index in [-0.39, 0.29) is 11.8 Å². The van der Waals surface area contributed by atoms with E-state index in [4.69, 9.17) is 20.1 Å². The molecule has 1 amide bonds. The molecule has 8 nitrogen and oxygen atoms in total. The van der Waals surface area contributed by atoms with Gasteiger partial charge in [0.25, 0.3) is 0 Å². The molecule has 11 heteroatoms. The molecule has 1 saturated heterocycles. The number of carbonyl (C=O) groups excluding carboxylic acids is 1. The van der Waals surface area contributed by atoms with Crippen molar-refractivity contribution in [3.05, 3.63) is 11.8 Å². The molecule has 0 bridgehead atoms. The topological polar surface area (TPSA) is 131 Å². The van der Waals surface area contributed by atoms with E-state index in [2.05, 4.69) is 15.5 Å². The molecule has 1 aliphatic heterocycles. The summed E-state index contributed by atoms with van der Waals surface area (Å²) < 4.78 is 36.8. The number of nitrogens with one attached hydrogen (secondary N) is 1. The second-order valence-corrected chi connectivity index (χ2v) is 3.80. The van der Waals surface area contributed by atoms with Crippen LogP contribution in [-0.2, 0) is 4.79 Å². The molecule has 0 spiro atoms. The number of amides is 1. The SMILES string of the molecule is NC(=O)c1nnc(C2CCNC2)o1.O=C(O)C(F)(F)F. The van der Waals surface area contributed by atoms with Gasteiger partial charge in [-0.25, -0.2) is 4.79 Å². The van der Waals surface area contributed by atoms with Crippen molar-refractivity contribution in [2.45, 2.75) is 18.5 Å². The van der Waals surface area contributed by atoms with Crippen molar-refractivity contribution < 1.29 is 32.3 Å². The fourth-order valence-corrected chi connectivity index (χ4v) is 1.36. The molecule has 0 aliphatic carbocycles. The van der Waals surface area contributed by atoms with Crippen LogP contribution in [0.4, 0.5) is 13.2 Å². The van der Waals surface area contributed by atoms with Crippen molar-refractivity contribution in [3.8, 4) is 0 Å². The van der Waals surface area contributed by atoms with Crippen molar-refractivity contribution in [1.29, 1.82) is 0 Å². The Morgan fingerprint density at radius 2 is 2.00 bits per heavy atom. The number of alkyl halides is 3. The Morgan fingerprint density at radius 1 is 1.40 bits per heavy atom. The normalized spacial score (nSPS) is 18.2.